The van der Waals surface area contributed by atoms with E-state index in [1.54, 1.807) is 13.8 Å². The molecule has 66 valence electrons. The minimum absolute atomic E-state index is 0.0258. The summed E-state index contributed by atoms with van der Waals surface area (Å²) in [6.45, 7) is 5.07. The number of carboxylic acids is 1. The van der Waals surface area contributed by atoms with Gasteiger partial charge < -0.3 is 10.2 Å². The smallest absolute Gasteiger partial charge is 0.321 e. The molecular weight excluding hydrogens is 146 g/mol. The zero-order valence-electron chi connectivity index (χ0n) is 7.03. The number of rotatable bonds is 4. The lowest BCUT2D eigenvalue weighted by atomic mass is 10.1. The largest absolute Gasteiger partial charge is 0.480 e. The molecule has 11 heavy (non-hydrogen) atoms. The first-order valence-electron chi connectivity index (χ1n) is 3.62. The van der Waals surface area contributed by atoms with Gasteiger partial charge in [0.25, 0.3) is 0 Å². The van der Waals surface area contributed by atoms with Crippen LogP contribution in [0.5, 0.6) is 0 Å². The van der Waals surface area contributed by atoms with Crippen LogP contribution in [0.25, 0.3) is 0 Å². The van der Waals surface area contributed by atoms with Crippen LogP contribution in [0.3, 0.4) is 0 Å². The van der Waals surface area contributed by atoms with Gasteiger partial charge in [0.1, 0.15) is 12.3 Å². The van der Waals surface area contributed by atoms with Crippen molar-refractivity contribution >= 4 is 5.97 Å². The van der Waals surface area contributed by atoms with Gasteiger partial charge >= 0.3 is 5.97 Å². The highest BCUT2D eigenvalue weighted by molar-refractivity contribution is 5.73. The van der Waals surface area contributed by atoms with Crippen LogP contribution < -0.4 is 5.32 Å². The lowest BCUT2D eigenvalue weighted by molar-refractivity contribution is -0.141. The molecule has 0 aromatic carbocycles. The Kier molecular flexibility index (Phi) is 4.07. The fourth-order valence-corrected chi connectivity index (χ4v) is 0.809. The van der Waals surface area contributed by atoms with Gasteiger partial charge in [-0.3, -0.25) is 10.1 Å². The molecule has 0 radical (unpaired) electrons. The molecular formula is C7H15NO3. The first-order chi connectivity index (χ1) is 4.95. The SMILES string of the molecule is CC(O)N[C@H](C(=O)O)C(C)C. The Morgan fingerprint density at radius 2 is 1.82 bits per heavy atom. The number of nitrogens with one attached hydrogen (secondary N) is 1. The van der Waals surface area contributed by atoms with Crippen molar-refractivity contribution in [3.63, 3.8) is 0 Å². The molecule has 4 heteroatoms. The maximum atomic E-state index is 10.5. The number of hydrogen-bond donors (Lipinski definition) is 3. The highest BCUT2D eigenvalue weighted by Gasteiger charge is 2.21. The molecule has 0 heterocycles. The molecule has 0 rings (SSSR count). The lowest BCUT2D eigenvalue weighted by Gasteiger charge is -2.19. The summed E-state index contributed by atoms with van der Waals surface area (Å²) in [7, 11) is 0. The van der Waals surface area contributed by atoms with Gasteiger partial charge in [-0.15, -0.1) is 0 Å². The van der Waals surface area contributed by atoms with Gasteiger partial charge in [-0.1, -0.05) is 13.8 Å². The molecule has 0 aromatic heterocycles. The molecule has 3 N–H and O–H groups in total. The van der Waals surface area contributed by atoms with Crippen LogP contribution >= 0.6 is 0 Å². The zero-order valence-corrected chi connectivity index (χ0v) is 7.03. The van der Waals surface area contributed by atoms with Gasteiger partial charge in [0.2, 0.25) is 0 Å². The Morgan fingerprint density at radius 3 is 1.91 bits per heavy atom. The summed E-state index contributed by atoms with van der Waals surface area (Å²) in [5.74, 6) is -0.956. The fourth-order valence-electron chi connectivity index (χ4n) is 0.809. The van der Waals surface area contributed by atoms with Crippen LogP contribution in [0.2, 0.25) is 0 Å². The number of carbonyl (C=O) groups is 1. The summed E-state index contributed by atoms with van der Waals surface area (Å²) in [5.41, 5.74) is 0. The van der Waals surface area contributed by atoms with Crippen molar-refractivity contribution in [1.82, 2.24) is 5.32 Å². The maximum Gasteiger partial charge on any atom is 0.321 e. The number of carboxylic acid groups (broad SMARTS) is 1. The zero-order chi connectivity index (χ0) is 9.02. The average Bonchev–Trinajstić information content (AvgIpc) is 1.81. The van der Waals surface area contributed by atoms with Gasteiger partial charge in [0, 0.05) is 0 Å². The molecule has 0 fully saturated rings. The molecule has 2 atom stereocenters. The Morgan fingerprint density at radius 1 is 1.36 bits per heavy atom. The number of aliphatic carboxylic acids is 1. The number of aliphatic hydroxyl groups is 1. The van der Waals surface area contributed by atoms with Gasteiger partial charge in [0.05, 0.1) is 0 Å². The van der Waals surface area contributed by atoms with E-state index in [9.17, 15) is 4.79 Å². The van der Waals surface area contributed by atoms with Crippen LogP contribution in [0, 0.1) is 5.92 Å². The van der Waals surface area contributed by atoms with E-state index in [4.69, 9.17) is 10.2 Å². The Hall–Kier alpha value is -0.610. The van der Waals surface area contributed by atoms with Gasteiger partial charge in [-0.2, -0.15) is 0 Å². The first kappa shape index (κ1) is 10.4. The van der Waals surface area contributed by atoms with Crippen LogP contribution in [0.4, 0.5) is 0 Å². The second kappa shape index (κ2) is 4.31. The van der Waals surface area contributed by atoms with E-state index < -0.39 is 18.2 Å². The first-order valence-corrected chi connectivity index (χ1v) is 3.62. The second-order valence-corrected chi connectivity index (χ2v) is 2.90. The quantitative estimate of drug-likeness (QED) is 0.508. The van der Waals surface area contributed by atoms with Gasteiger partial charge in [0.15, 0.2) is 0 Å². The summed E-state index contributed by atoms with van der Waals surface area (Å²) in [4.78, 5) is 10.5. The third kappa shape index (κ3) is 3.95. The summed E-state index contributed by atoms with van der Waals surface area (Å²) < 4.78 is 0. The van der Waals surface area contributed by atoms with Crippen molar-refractivity contribution in [2.75, 3.05) is 0 Å². The Bertz CT molecular complexity index is 134. The maximum absolute atomic E-state index is 10.5. The van der Waals surface area contributed by atoms with Crippen molar-refractivity contribution in [3.05, 3.63) is 0 Å². The van der Waals surface area contributed by atoms with Crippen molar-refractivity contribution in [2.45, 2.75) is 33.0 Å². The minimum Gasteiger partial charge on any atom is -0.480 e. The summed E-state index contributed by atoms with van der Waals surface area (Å²) >= 11 is 0. The Labute approximate surface area is 66.2 Å². The number of hydrogen-bond acceptors (Lipinski definition) is 3. The van der Waals surface area contributed by atoms with Crippen molar-refractivity contribution < 1.29 is 15.0 Å². The predicted octanol–water partition coefficient (Wildman–Crippen LogP) is 0.0235. The third-order valence-corrected chi connectivity index (χ3v) is 1.35. The molecule has 0 aromatic rings. The summed E-state index contributed by atoms with van der Waals surface area (Å²) in [6.07, 6.45) is -0.779. The summed E-state index contributed by atoms with van der Waals surface area (Å²) in [5, 5.41) is 20.0. The van der Waals surface area contributed by atoms with E-state index in [1.165, 1.54) is 6.92 Å². The van der Waals surface area contributed by atoms with E-state index in [0.717, 1.165) is 0 Å². The van der Waals surface area contributed by atoms with E-state index >= 15 is 0 Å². The molecule has 0 aliphatic carbocycles. The van der Waals surface area contributed by atoms with Crippen molar-refractivity contribution in [1.29, 1.82) is 0 Å². The average molecular weight is 161 g/mol. The normalized spacial score (nSPS) is 16.5. The molecule has 0 amide bonds. The lowest BCUT2D eigenvalue weighted by Crippen LogP contribution is -2.45. The predicted molar refractivity (Wildman–Crippen MR) is 41.1 cm³/mol. The highest BCUT2D eigenvalue weighted by atomic mass is 16.4. The topological polar surface area (TPSA) is 69.6 Å². The van der Waals surface area contributed by atoms with Crippen molar-refractivity contribution in [2.24, 2.45) is 5.92 Å². The number of aliphatic hydroxyl groups excluding tert-OH is 1. The molecule has 0 saturated carbocycles. The van der Waals surface area contributed by atoms with Crippen molar-refractivity contribution in [3.8, 4) is 0 Å². The van der Waals surface area contributed by atoms with Crippen LogP contribution in [-0.4, -0.2) is 28.5 Å². The van der Waals surface area contributed by atoms with E-state index in [2.05, 4.69) is 5.32 Å². The monoisotopic (exact) mass is 161 g/mol. The molecule has 1 unspecified atom stereocenters. The van der Waals surface area contributed by atoms with Crippen LogP contribution in [0.15, 0.2) is 0 Å². The van der Waals surface area contributed by atoms with Crippen LogP contribution in [0.1, 0.15) is 20.8 Å². The second-order valence-electron chi connectivity index (χ2n) is 2.90. The van der Waals surface area contributed by atoms with E-state index in [-0.39, 0.29) is 5.92 Å². The fraction of sp³-hybridized carbons (Fsp3) is 0.857. The molecule has 0 saturated heterocycles. The standard InChI is InChI=1S/C7H15NO3/c1-4(2)6(7(10)11)8-5(3)9/h4-6,8-9H,1-3H3,(H,10,11)/t5?,6-/m0/s1. The van der Waals surface area contributed by atoms with Crippen LogP contribution in [-0.2, 0) is 4.79 Å². The molecule has 0 aliphatic heterocycles. The van der Waals surface area contributed by atoms with Gasteiger partial charge in [-0.05, 0) is 12.8 Å². The minimum atomic E-state index is -0.930. The van der Waals surface area contributed by atoms with E-state index in [0.29, 0.717) is 0 Å². The molecule has 0 aliphatic rings. The highest BCUT2D eigenvalue weighted by Crippen LogP contribution is 2.01. The molecule has 4 nitrogen and oxygen atoms in total. The third-order valence-electron chi connectivity index (χ3n) is 1.35. The molecule has 0 bridgehead atoms. The van der Waals surface area contributed by atoms with E-state index in [1.807, 2.05) is 0 Å². The molecule has 0 spiro atoms. The summed E-state index contributed by atoms with van der Waals surface area (Å²) in [6, 6.07) is -0.671. The van der Waals surface area contributed by atoms with Gasteiger partial charge in [-0.25, -0.2) is 0 Å². The Balaban J connectivity index is 4.01.